The molecular weight excluding hydrogens is 262 g/mol. The maximum absolute atomic E-state index is 12.4. The van der Waals surface area contributed by atoms with Crippen LogP contribution in [0.25, 0.3) is 0 Å². The van der Waals surface area contributed by atoms with Crippen LogP contribution in [-0.4, -0.2) is 23.1 Å². The van der Waals surface area contributed by atoms with Crippen molar-refractivity contribution in [3.63, 3.8) is 0 Å². The fraction of sp³-hybridized carbons (Fsp3) is 1.00. The van der Waals surface area contributed by atoms with Gasteiger partial charge in [0, 0.05) is 0 Å². The van der Waals surface area contributed by atoms with Crippen LogP contribution in [0.5, 0.6) is 0 Å². The SMILES string of the molecule is CCC(C)(CC)CCC(O)(C(F)(F)F)C(F)(F)F. The number of alkyl halides is 6. The minimum atomic E-state index is -5.71. The number of rotatable bonds is 5. The Hall–Kier alpha value is -0.460. The second kappa shape index (κ2) is 5.27. The van der Waals surface area contributed by atoms with Gasteiger partial charge >= 0.3 is 12.4 Å². The molecule has 1 N–H and O–H groups in total. The summed E-state index contributed by atoms with van der Waals surface area (Å²) in [5.74, 6) is 0. The molecule has 1 nitrogen and oxygen atoms in total. The normalized spacial score (nSPS) is 15.0. The summed E-state index contributed by atoms with van der Waals surface area (Å²) in [6.45, 7) is 5.01. The molecule has 0 fully saturated rings. The summed E-state index contributed by atoms with van der Waals surface area (Å²) in [5, 5.41) is 8.99. The standard InChI is InChI=1S/C11H18F6O/c1-4-8(3,5-2)6-7-9(18,10(12,13)14)11(15,16)17/h18H,4-7H2,1-3H3. The Bertz CT molecular complexity index is 250. The van der Waals surface area contributed by atoms with E-state index in [2.05, 4.69) is 0 Å². The third kappa shape index (κ3) is 3.52. The quantitative estimate of drug-likeness (QED) is 0.738. The molecule has 0 saturated heterocycles. The Morgan fingerprint density at radius 3 is 1.33 bits per heavy atom. The van der Waals surface area contributed by atoms with E-state index in [1.165, 1.54) is 0 Å². The summed E-state index contributed by atoms with van der Waals surface area (Å²) in [6, 6.07) is 0. The molecule has 0 aliphatic heterocycles. The van der Waals surface area contributed by atoms with Gasteiger partial charge in [-0.2, -0.15) is 26.3 Å². The Balaban J connectivity index is 5.08. The molecule has 0 unspecified atom stereocenters. The van der Waals surface area contributed by atoms with E-state index in [4.69, 9.17) is 5.11 Å². The molecule has 0 aliphatic rings. The van der Waals surface area contributed by atoms with Crippen molar-refractivity contribution in [1.82, 2.24) is 0 Å². The van der Waals surface area contributed by atoms with Crippen LogP contribution >= 0.6 is 0 Å². The van der Waals surface area contributed by atoms with Crippen molar-refractivity contribution in [2.75, 3.05) is 0 Å². The summed E-state index contributed by atoms with van der Waals surface area (Å²) in [7, 11) is 0. The van der Waals surface area contributed by atoms with Gasteiger partial charge in [-0.25, -0.2) is 0 Å². The first kappa shape index (κ1) is 17.5. The van der Waals surface area contributed by atoms with Gasteiger partial charge in [-0.1, -0.05) is 33.6 Å². The Kier molecular flexibility index (Phi) is 5.13. The van der Waals surface area contributed by atoms with Crippen LogP contribution in [0, 0.1) is 5.41 Å². The zero-order valence-electron chi connectivity index (χ0n) is 10.5. The molecule has 7 heteroatoms. The summed E-state index contributed by atoms with van der Waals surface area (Å²) >= 11 is 0. The van der Waals surface area contributed by atoms with Crippen molar-refractivity contribution in [1.29, 1.82) is 0 Å². The molecule has 0 bridgehead atoms. The third-order valence-corrected chi connectivity index (χ3v) is 3.74. The van der Waals surface area contributed by atoms with Crippen LogP contribution in [0.15, 0.2) is 0 Å². The molecule has 0 rings (SSSR count). The first-order chi connectivity index (χ1) is 7.83. The first-order valence-corrected chi connectivity index (χ1v) is 5.69. The molecular formula is C11H18F6O. The lowest BCUT2D eigenvalue weighted by Gasteiger charge is -2.36. The highest BCUT2D eigenvalue weighted by Crippen LogP contribution is 2.48. The Morgan fingerprint density at radius 1 is 0.778 bits per heavy atom. The van der Waals surface area contributed by atoms with Gasteiger partial charge in [0.25, 0.3) is 5.60 Å². The van der Waals surface area contributed by atoms with E-state index in [0.29, 0.717) is 12.8 Å². The molecule has 0 saturated carbocycles. The number of halogens is 6. The number of aliphatic hydroxyl groups is 1. The van der Waals surface area contributed by atoms with Crippen LogP contribution in [0.3, 0.4) is 0 Å². The fourth-order valence-corrected chi connectivity index (χ4v) is 1.53. The predicted octanol–water partition coefficient (Wildman–Crippen LogP) is 4.45. The van der Waals surface area contributed by atoms with Gasteiger partial charge in [-0.05, 0) is 18.3 Å². The molecule has 110 valence electrons. The van der Waals surface area contributed by atoms with E-state index in [-0.39, 0.29) is 6.42 Å². The summed E-state index contributed by atoms with van der Waals surface area (Å²) in [5.41, 5.74) is -5.25. The van der Waals surface area contributed by atoms with E-state index in [0.717, 1.165) is 0 Å². The van der Waals surface area contributed by atoms with Crippen molar-refractivity contribution in [3.05, 3.63) is 0 Å². The van der Waals surface area contributed by atoms with Crippen molar-refractivity contribution in [3.8, 4) is 0 Å². The number of hydrogen-bond donors (Lipinski definition) is 1. The molecule has 0 aromatic carbocycles. The van der Waals surface area contributed by atoms with E-state index in [1.54, 1.807) is 20.8 Å². The lowest BCUT2D eigenvalue weighted by atomic mass is 9.77. The molecule has 18 heavy (non-hydrogen) atoms. The highest BCUT2D eigenvalue weighted by molar-refractivity contribution is 4.95. The van der Waals surface area contributed by atoms with Crippen LogP contribution in [0.1, 0.15) is 46.5 Å². The molecule has 0 radical (unpaired) electrons. The molecule has 0 atom stereocenters. The van der Waals surface area contributed by atoms with Crippen molar-refractivity contribution in [2.45, 2.75) is 64.4 Å². The monoisotopic (exact) mass is 280 g/mol. The van der Waals surface area contributed by atoms with Crippen LogP contribution < -0.4 is 0 Å². The first-order valence-electron chi connectivity index (χ1n) is 5.69. The minimum absolute atomic E-state index is 0.338. The molecule has 0 aliphatic carbocycles. The second-order valence-corrected chi connectivity index (χ2v) is 4.87. The van der Waals surface area contributed by atoms with Crippen molar-refractivity contribution < 1.29 is 31.4 Å². The Labute approximate surface area is 102 Å². The number of hydrogen-bond acceptors (Lipinski definition) is 1. The maximum Gasteiger partial charge on any atom is 0.426 e. The topological polar surface area (TPSA) is 20.2 Å². The maximum atomic E-state index is 12.4. The van der Waals surface area contributed by atoms with Gasteiger partial charge < -0.3 is 5.11 Å². The lowest BCUT2D eigenvalue weighted by molar-refractivity contribution is -0.371. The predicted molar refractivity (Wildman–Crippen MR) is 55.0 cm³/mol. The van der Waals surface area contributed by atoms with Crippen LogP contribution in [0.2, 0.25) is 0 Å². The van der Waals surface area contributed by atoms with E-state index < -0.39 is 29.8 Å². The smallest absolute Gasteiger partial charge is 0.374 e. The Morgan fingerprint density at radius 2 is 1.11 bits per heavy atom. The van der Waals surface area contributed by atoms with Gasteiger partial charge in [-0.3, -0.25) is 0 Å². The van der Waals surface area contributed by atoms with Gasteiger partial charge in [-0.15, -0.1) is 0 Å². The average molecular weight is 280 g/mol. The summed E-state index contributed by atoms with van der Waals surface area (Å²) in [4.78, 5) is 0. The molecule has 0 heterocycles. The summed E-state index contributed by atoms with van der Waals surface area (Å²) < 4.78 is 74.5. The third-order valence-electron chi connectivity index (χ3n) is 3.74. The zero-order valence-corrected chi connectivity index (χ0v) is 10.5. The van der Waals surface area contributed by atoms with E-state index >= 15 is 0 Å². The van der Waals surface area contributed by atoms with Crippen LogP contribution in [0.4, 0.5) is 26.3 Å². The second-order valence-electron chi connectivity index (χ2n) is 4.87. The van der Waals surface area contributed by atoms with Gasteiger partial charge in [0.1, 0.15) is 0 Å². The fourth-order valence-electron chi connectivity index (χ4n) is 1.53. The van der Waals surface area contributed by atoms with E-state index in [1.807, 2.05) is 0 Å². The molecule has 0 spiro atoms. The van der Waals surface area contributed by atoms with E-state index in [9.17, 15) is 26.3 Å². The zero-order chi connectivity index (χ0) is 14.8. The van der Waals surface area contributed by atoms with Crippen molar-refractivity contribution >= 4 is 0 Å². The van der Waals surface area contributed by atoms with Gasteiger partial charge in [0.15, 0.2) is 0 Å². The van der Waals surface area contributed by atoms with Crippen LogP contribution in [-0.2, 0) is 0 Å². The molecule has 0 aromatic heterocycles. The van der Waals surface area contributed by atoms with Gasteiger partial charge in [0.2, 0.25) is 0 Å². The largest absolute Gasteiger partial charge is 0.426 e. The lowest BCUT2D eigenvalue weighted by Crippen LogP contribution is -2.57. The van der Waals surface area contributed by atoms with Gasteiger partial charge in [0.05, 0.1) is 0 Å². The highest BCUT2D eigenvalue weighted by atomic mass is 19.4. The molecule has 0 aromatic rings. The minimum Gasteiger partial charge on any atom is -0.374 e. The molecule has 0 amide bonds. The average Bonchev–Trinajstić information content (AvgIpc) is 2.22. The van der Waals surface area contributed by atoms with Crippen molar-refractivity contribution in [2.24, 2.45) is 5.41 Å². The summed E-state index contributed by atoms with van der Waals surface area (Å²) in [6.07, 6.45) is -12.2. The highest BCUT2D eigenvalue weighted by Gasteiger charge is 2.69.